The van der Waals surface area contributed by atoms with Crippen molar-refractivity contribution in [3.63, 3.8) is 0 Å². The number of hydrogen-bond donors (Lipinski definition) is 1. The van der Waals surface area contributed by atoms with Gasteiger partial charge < -0.3 is 10.1 Å². The predicted octanol–water partition coefficient (Wildman–Crippen LogP) is 3.74. The lowest BCUT2D eigenvalue weighted by molar-refractivity contribution is -0.111. The van der Waals surface area contributed by atoms with Gasteiger partial charge in [-0.15, -0.1) is 0 Å². The first kappa shape index (κ1) is 16.5. The third-order valence-electron chi connectivity index (χ3n) is 3.49. The Hall–Kier alpha value is -2.88. The Kier molecular flexibility index (Phi) is 5.31. The number of methoxy groups -OCH3 is 1. The van der Waals surface area contributed by atoms with Gasteiger partial charge in [0, 0.05) is 11.8 Å². The van der Waals surface area contributed by atoms with Gasteiger partial charge in [-0.05, 0) is 48.7 Å². The van der Waals surface area contributed by atoms with E-state index >= 15 is 0 Å². The van der Waals surface area contributed by atoms with Crippen LogP contribution >= 0.6 is 0 Å². The Morgan fingerprint density at radius 1 is 1.00 bits per heavy atom. The van der Waals surface area contributed by atoms with Crippen LogP contribution in [0.4, 0.5) is 5.69 Å². The molecule has 0 fully saturated rings. The summed E-state index contributed by atoms with van der Waals surface area (Å²) in [6.45, 7) is 3.91. The fourth-order valence-electron chi connectivity index (χ4n) is 2.20. The van der Waals surface area contributed by atoms with Crippen LogP contribution in [0.5, 0.6) is 0 Å². The third kappa shape index (κ3) is 4.30. The SMILES string of the molecule is COC(=O)c1ccc(/C=C/C(=O)Nc2c(C)cccc2C)cc1. The molecule has 0 saturated carbocycles. The quantitative estimate of drug-likeness (QED) is 0.691. The average Bonchev–Trinajstić information content (AvgIpc) is 2.56. The molecule has 1 amide bonds. The number of esters is 1. The highest BCUT2D eigenvalue weighted by Gasteiger charge is 2.05. The van der Waals surface area contributed by atoms with E-state index in [1.54, 1.807) is 30.3 Å². The second-order valence-electron chi connectivity index (χ2n) is 5.20. The number of carbonyl (C=O) groups excluding carboxylic acids is 2. The number of ether oxygens (including phenoxy) is 1. The molecule has 1 N–H and O–H groups in total. The Bertz CT molecular complexity index is 725. The highest BCUT2D eigenvalue weighted by molar-refractivity contribution is 6.02. The fraction of sp³-hybridized carbons (Fsp3) is 0.158. The maximum absolute atomic E-state index is 12.0. The van der Waals surface area contributed by atoms with Crippen LogP contribution in [-0.2, 0) is 9.53 Å². The maximum Gasteiger partial charge on any atom is 0.337 e. The molecule has 23 heavy (non-hydrogen) atoms. The van der Waals surface area contributed by atoms with E-state index in [1.807, 2.05) is 32.0 Å². The number of benzene rings is 2. The largest absolute Gasteiger partial charge is 0.465 e. The van der Waals surface area contributed by atoms with Crippen LogP contribution in [0.2, 0.25) is 0 Å². The van der Waals surface area contributed by atoms with E-state index in [0.29, 0.717) is 5.56 Å². The van der Waals surface area contributed by atoms with Gasteiger partial charge in [0.1, 0.15) is 0 Å². The van der Waals surface area contributed by atoms with Crippen LogP contribution < -0.4 is 5.32 Å². The Labute approximate surface area is 135 Å². The lowest BCUT2D eigenvalue weighted by Gasteiger charge is -2.09. The summed E-state index contributed by atoms with van der Waals surface area (Å²) in [6, 6.07) is 12.7. The van der Waals surface area contributed by atoms with E-state index in [-0.39, 0.29) is 11.9 Å². The molecule has 0 heterocycles. The Morgan fingerprint density at radius 2 is 1.61 bits per heavy atom. The first-order valence-corrected chi connectivity index (χ1v) is 7.25. The van der Waals surface area contributed by atoms with Crippen molar-refractivity contribution in [3.8, 4) is 0 Å². The molecule has 118 valence electrons. The lowest BCUT2D eigenvalue weighted by atomic mass is 10.1. The number of para-hydroxylation sites is 1. The summed E-state index contributed by atoms with van der Waals surface area (Å²) in [7, 11) is 1.34. The Morgan fingerprint density at radius 3 is 2.17 bits per heavy atom. The molecule has 0 bridgehead atoms. The highest BCUT2D eigenvalue weighted by atomic mass is 16.5. The van der Waals surface area contributed by atoms with E-state index in [9.17, 15) is 9.59 Å². The smallest absolute Gasteiger partial charge is 0.337 e. The molecule has 0 aromatic heterocycles. The maximum atomic E-state index is 12.0. The molecule has 2 aromatic rings. The van der Waals surface area contributed by atoms with Crippen molar-refractivity contribution in [2.75, 3.05) is 12.4 Å². The van der Waals surface area contributed by atoms with E-state index in [2.05, 4.69) is 10.1 Å². The first-order chi connectivity index (χ1) is 11.0. The van der Waals surface area contributed by atoms with Gasteiger partial charge in [-0.2, -0.15) is 0 Å². The zero-order valence-corrected chi connectivity index (χ0v) is 13.4. The predicted molar refractivity (Wildman–Crippen MR) is 91.4 cm³/mol. The molecular weight excluding hydrogens is 290 g/mol. The second kappa shape index (κ2) is 7.40. The van der Waals surface area contributed by atoms with Crippen molar-refractivity contribution in [3.05, 3.63) is 70.8 Å². The summed E-state index contributed by atoms with van der Waals surface area (Å²) in [5.41, 5.74) is 4.19. The molecule has 0 saturated heterocycles. The minimum Gasteiger partial charge on any atom is -0.465 e. The van der Waals surface area contributed by atoms with Crippen LogP contribution in [0.1, 0.15) is 27.0 Å². The summed E-state index contributed by atoms with van der Waals surface area (Å²) in [5.74, 6) is -0.576. The van der Waals surface area contributed by atoms with Crippen LogP contribution in [-0.4, -0.2) is 19.0 Å². The van der Waals surface area contributed by atoms with E-state index in [0.717, 1.165) is 22.4 Å². The highest BCUT2D eigenvalue weighted by Crippen LogP contribution is 2.19. The molecule has 4 heteroatoms. The minimum absolute atomic E-state index is 0.195. The molecular formula is C19H19NO3. The summed E-state index contributed by atoms with van der Waals surface area (Å²) >= 11 is 0. The van der Waals surface area contributed by atoms with Crippen molar-refractivity contribution < 1.29 is 14.3 Å². The fourth-order valence-corrected chi connectivity index (χ4v) is 2.20. The molecule has 0 aliphatic carbocycles. The van der Waals surface area contributed by atoms with Gasteiger partial charge in [0.25, 0.3) is 0 Å². The number of nitrogens with one attached hydrogen (secondary N) is 1. The van der Waals surface area contributed by atoms with Crippen LogP contribution in [0.3, 0.4) is 0 Å². The molecule has 0 unspecified atom stereocenters. The molecule has 0 radical (unpaired) electrons. The van der Waals surface area contributed by atoms with E-state index in [4.69, 9.17) is 0 Å². The number of hydrogen-bond acceptors (Lipinski definition) is 3. The van der Waals surface area contributed by atoms with Gasteiger partial charge in [0.2, 0.25) is 5.91 Å². The molecule has 0 aliphatic rings. The molecule has 0 aliphatic heterocycles. The van der Waals surface area contributed by atoms with Gasteiger partial charge in [-0.25, -0.2) is 4.79 Å². The van der Waals surface area contributed by atoms with Crippen LogP contribution in [0.25, 0.3) is 6.08 Å². The molecule has 2 rings (SSSR count). The summed E-state index contributed by atoms with van der Waals surface area (Å²) in [5, 5.41) is 2.89. The lowest BCUT2D eigenvalue weighted by Crippen LogP contribution is -2.10. The number of anilines is 1. The van der Waals surface area contributed by atoms with Crippen LogP contribution in [0.15, 0.2) is 48.5 Å². The van der Waals surface area contributed by atoms with Gasteiger partial charge in [0.05, 0.1) is 12.7 Å². The Balaban J connectivity index is 2.05. The van der Waals surface area contributed by atoms with E-state index in [1.165, 1.54) is 13.2 Å². The van der Waals surface area contributed by atoms with Crippen molar-refractivity contribution in [1.82, 2.24) is 0 Å². The van der Waals surface area contributed by atoms with Crippen molar-refractivity contribution >= 4 is 23.6 Å². The van der Waals surface area contributed by atoms with E-state index < -0.39 is 0 Å². The first-order valence-electron chi connectivity index (χ1n) is 7.25. The monoisotopic (exact) mass is 309 g/mol. The number of aryl methyl sites for hydroxylation is 2. The number of amides is 1. The van der Waals surface area contributed by atoms with Gasteiger partial charge >= 0.3 is 5.97 Å². The zero-order chi connectivity index (χ0) is 16.8. The standard InChI is InChI=1S/C19H19NO3/c1-13-5-4-6-14(2)18(13)20-17(21)12-9-15-7-10-16(11-8-15)19(22)23-3/h4-12H,1-3H3,(H,20,21)/b12-9+. The van der Waals surface area contributed by atoms with Crippen molar-refractivity contribution in [1.29, 1.82) is 0 Å². The second-order valence-corrected chi connectivity index (χ2v) is 5.20. The molecule has 2 aromatic carbocycles. The average molecular weight is 309 g/mol. The summed E-state index contributed by atoms with van der Waals surface area (Å²) < 4.78 is 4.64. The molecule has 4 nitrogen and oxygen atoms in total. The number of carbonyl (C=O) groups is 2. The van der Waals surface area contributed by atoms with Gasteiger partial charge in [-0.3, -0.25) is 4.79 Å². The third-order valence-corrected chi connectivity index (χ3v) is 3.49. The normalized spacial score (nSPS) is 10.6. The molecule has 0 spiro atoms. The summed E-state index contributed by atoms with van der Waals surface area (Å²) in [6.07, 6.45) is 3.17. The summed E-state index contributed by atoms with van der Waals surface area (Å²) in [4.78, 5) is 23.4. The van der Waals surface area contributed by atoms with Crippen molar-refractivity contribution in [2.45, 2.75) is 13.8 Å². The topological polar surface area (TPSA) is 55.4 Å². The van der Waals surface area contributed by atoms with Gasteiger partial charge in [-0.1, -0.05) is 30.3 Å². The number of rotatable bonds is 4. The molecule has 0 atom stereocenters. The zero-order valence-electron chi connectivity index (χ0n) is 13.4. The van der Waals surface area contributed by atoms with Gasteiger partial charge in [0.15, 0.2) is 0 Å². The minimum atomic E-state index is -0.381. The van der Waals surface area contributed by atoms with Crippen molar-refractivity contribution in [2.24, 2.45) is 0 Å². The van der Waals surface area contributed by atoms with Crippen LogP contribution in [0, 0.1) is 13.8 Å².